The zero-order valence-electron chi connectivity index (χ0n) is 21.0. The van der Waals surface area contributed by atoms with Crippen LogP contribution in [0.1, 0.15) is 40.0 Å². The largest absolute Gasteiger partial charge is 0.466 e. The monoisotopic (exact) mass is 506 g/mol. The van der Waals surface area contributed by atoms with Gasteiger partial charge in [0.2, 0.25) is 0 Å². The maximum absolute atomic E-state index is 13.0. The van der Waals surface area contributed by atoms with Crippen molar-refractivity contribution in [1.82, 2.24) is 0 Å². The average molecular weight is 507 g/mol. The Morgan fingerprint density at radius 3 is 2.50 bits per heavy atom. The number of ether oxygens (including phenoxy) is 4. The van der Waals surface area contributed by atoms with Crippen molar-refractivity contribution < 1.29 is 48.3 Å². The Labute approximate surface area is 210 Å². The molecule has 10 nitrogen and oxygen atoms in total. The fraction of sp³-hybridized carbons (Fsp3) is 0.538. The van der Waals surface area contributed by atoms with Gasteiger partial charge in [-0.3, -0.25) is 4.79 Å². The standard InChI is InChI=1S/C26H34O10/c1-7-13(3)23(29)34-20-17(26(32)33-6)11-9-10-14(4)19(28)21-18(15(5)24(30)35-21)22(20)36-25(31)16(8-2)12-27/h8,11,13,18-22,27-28H,4-5,7,9-10,12H2,1-3,6H3/b16-8-,17-11+/t13-,18-,19-,20-,21-,22-/m0/s1. The Morgan fingerprint density at radius 1 is 1.28 bits per heavy atom. The third-order valence-electron chi connectivity index (χ3n) is 6.48. The molecule has 0 aromatic heterocycles. The highest BCUT2D eigenvalue weighted by atomic mass is 16.6. The van der Waals surface area contributed by atoms with Crippen LogP contribution >= 0.6 is 0 Å². The highest BCUT2D eigenvalue weighted by molar-refractivity contribution is 5.93. The minimum atomic E-state index is -1.54. The number of rotatable bonds is 7. The van der Waals surface area contributed by atoms with Crippen molar-refractivity contribution in [2.24, 2.45) is 11.8 Å². The second-order valence-electron chi connectivity index (χ2n) is 8.72. The molecule has 0 aromatic rings. The van der Waals surface area contributed by atoms with Crippen LogP contribution in [-0.2, 0) is 38.1 Å². The van der Waals surface area contributed by atoms with E-state index >= 15 is 0 Å². The van der Waals surface area contributed by atoms with E-state index in [9.17, 15) is 29.4 Å². The quantitative estimate of drug-likeness (QED) is 0.226. The number of esters is 4. The summed E-state index contributed by atoms with van der Waals surface area (Å²) < 4.78 is 21.8. The molecule has 1 saturated heterocycles. The van der Waals surface area contributed by atoms with E-state index in [1.165, 1.54) is 19.1 Å². The Kier molecular flexibility index (Phi) is 10.2. The number of aliphatic hydroxyl groups is 2. The van der Waals surface area contributed by atoms with Crippen LogP contribution in [0.2, 0.25) is 0 Å². The van der Waals surface area contributed by atoms with E-state index in [4.69, 9.17) is 18.9 Å². The molecular formula is C26H34O10. The lowest BCUT2D eigenvalue weighted by atomic mass is 9.80. The van der Waals surface area contributed by atoms with Crippen LogP contribution in [0.3, 0.4) is 0 Å². The number of hydrogen-bond donors (Lipinski definition) is 2. The van der Waals surface area contributed by atoms with E-state index in [2.05, 4.69) is 13.2 Å². The van der Waals surface area contributed by atoms with E-state index in [0.717, 1.165) is 7.11 Å². The minimum absolute atomic E-state index is 0.111. The van der Waals surface area contributed by atoms with E-state index in [-0.39, 0.29) is 29.6 Å². The molecule has 36 heavy (non-hydrogen) atoms. The summed E-state index contributed by atoms with van der Waals surface area (Å²) in [4.78, 5) is 51.3. The zero-order valence-corrected chi connectivity index (χ0v) is 21.0. The summed E-state index contributed by atoms with van der Waals surface area (Å²) in [6, 6.07) is 0. The lowest BCUT2D eigenvalue weighted by Gasteiger charge is -2.36. The first kappa shape index (κ1) is 29.0. The number of allylic oxidation sites excluding steroid dienone is 2. The summed E-state index contributed by atoms with van der Waals surface area (Å²) in [6.45, 7) is 11.9. The number of carbonyl (C=O) groups excluding carboxylic acids is 4. The van der Waals surface area contributed by atoms with Gasteiger partial charge in [-0.25, -0.2) is 14.4 Å². The van der Waals surface area contributed by atoms with E-state index in [1.807, 2.05) is 0 Å². The van der Waals surface area contributed by atoms with Crippen molar-refractivity contribution in [2.75, 3.05) is 13.7 Å². The summed E-state index contributed by atoms with van der Waals surface area (Å²) in [6.07, 6.45) is -2.06. The van der Waals surface area contributed by atoms with Crippen molar-refractivity contribution in [3.63, 3.8) is 0 Å². The summed E-state index contributed by atoms with van der Waals surface area (Å²) in [5.74, 6) is -5.13. The van der Waals surface area contributed by atoms with Gasteiger partial charge in [0.05, 0.1) is 36.7 Å². The number of methoxy groups -OCH3 is 1. The Bertz CT molecular complexity index is 975. The molecule has 2 N–H and O–H groups in total. The van der Waals surface area contributed by atoms with E-state index in [0.29, 0.717) is 12.0 Å². The molecule has 0 radical (unpaired) electrons. The van der Waals surface area contributed by atoms with Crippen LogP contribution in [0.4, 0.5) is 0 Å². The van der Waals surface area contributed by atoms with Crippen LogP contribution in [-0.4, -0.2) is 72.2 Å². The van der Waals surface area contributed by atoms with Crippen molar-refractivity contribution in [3.05, 3.63) is 47.6 Å². The second-order valence-corrected chi connectivity index (χ2v) is 8.72. The van der Waals surface area contributed by atoms with Crippen molar-refractivity contribution in [2.45, 2.75) is 64.4 Å². The molecule has 0 aromatic carbocycles. The molecule has 6 atom stereocenters. The molecular weight excluding hydrogens is 472 g/mol. The average Bonchev–Trinajstić information content (AvgIpc) is 3.16. The highest BCUT2D eigenvalue weighted by Crippen LogP contribution is 2.40. The van der Waals surface area contributed by atoms with Gasteiger partial charge < -0.3 is 29.2 Å². The van der Waals surface area contributed by atoms with Gasteiger partial charge in [0, 0.05) is 5.57 Å². The molecule has 0 spiro atoms. The second kappa shape index (κ2) is 12.6. The van der Waals surface area contributed by atoms with Gasteiger partial charge in [0.25, 0.3) is 0 Å². The van der Waals surface area contributed by atoms with E-state index < -0.39 is 66.7 Å². The van der Waals surface area contributed by atoms with Gasteiger partial charge in [0.1, 0.15) is 12.2 Å². The Morgan fingerprint density at radius 2 is 1.94 bits per heavy atom. The number of hydrogen-bond acceptors (Lipinski definition) is 10. The topological polar surface area (TPSA) is 146 Å². The summed E-state index contributed by atoms with van der Waals surface area (Å²) in [5.41, 5.74) is -0.0595. The van der Waals surface area contributed by atoms with Gasteiger partial charge in [0.15, 0.2) is 12.2 Å². The molecule has 1 aliphatic heterocycles. The van der Waals surface area contributed by atoms with Crippen molar-refractivity contribution in [1.29, 1.82) is 0 Å². The third kappa shape index (κ3) is 6.11. The normalized spacial score (nSPS) is 29.3. The molecule has 2 rings (SSSR count). The highest BCUT2D eigenvalue weighted by Gasteiger charge is 2.54. The molecule has 0 amide bonds. The Hall–Kier alpha value is -3.24. The van der Waals surface area contributed by atoms with Crippen LogP contribution < -0.4 is 0 Å². The maximum Gasteiger partial charge on any atom is 0.337 e. The van der Waals surface area contributed by atoms with Crippen LogP contribution in [0, 0.1) is 11.8 Å². The van der Waals surface area contributed by atoms with Crippen molar-refractivity contribution in [3.8, 4) is 0 Å². The molecule has 10 heteroatoms. The molecule has 198 valence electrons. The molecule has 1 aliphatic carbocycles. The van der Waals surface area contributed by atoms with Crippen LogP contribution in [0.15, 0.2) is 47.6 Å². The van der Waals surface area contributed by atoms with Crippen molar-refractivity contribution >= 4 is 23.9 Å². The van der Waals surface area contributed by atoms with Gasteiger partial charge in [-0.1, -0.05) is 39.2 Å². The minimum Gasteiger partial charge on any atom is -0.466 e. The lowest BCUT2D eigenvalue weighted by molar-refractivity contribution is -0.174. The number of fused-ring (bicyclic) bond motifs is 1. The molecule has 1 fully saturated rings. The maximum atomic E-state index is 13.0. The first-order chi connectivity index (χ1) is 17.0. The fourth-order valence-electron chi connectivity index (χ4n) is 3.99. The molecule has 0 unspecified atom stereocenters. The first-order valence-corrected chi connectivity index (χ1v) is 11.7. The summed E-state index contributed by atoms with van der Waals surface area (Å²) in [7, 11) is 1.15. The van der Waals surface area contributed by atoms with Gasteiger partial charge in [-0.15, -0.1) is 0 Å². The van der Waals surface area contributed by atoms with Crippen LogP contribution in [0.5, 0.6) is 0 Å². The number of aliphatic hydroxyl groups excluding tert-OH is 2. The molecule has 1 heterocycles. The predicted octanol–water partition coefficient (Wildman–Crippen LogP) is 1.70. The SMILES string of the molecule is C=C1C(=O)O[C@H]2[C@H]1[C@H](OC(=O)/C(=C\C)CO)[C@@H](OC(=O)[C@@H](C)CC)/C(C(=O)OC)=C\CCC(=C)[C@@H]2O. The molecule has 2 aliphatic rings. The van der Waals surface area contributed by atoms with E-state index in [1.54, 1.807) is 13.8 Å². The predicted molar refractivity (Wildman–Crippen MR) is 127 cm³/mol. The lowest BCUT2D eigenvalue weighted by Crippen LogP contribution is -2.50. The number of carbonyl (C=O) groups is 4. The summed E-state index contributed by atoms with van der Waals surface area (Å²) >= 11 is 0. The molecule has 0 bridgehead atoms. The van der Waals surface area contributed by atoms with Gasteiger partial charge >= 0.3 is 23.9 Å². The summed E-state index contributed by atoms with van der Waals surface area (Å²) in [5, 5.41) is 20.5. The first-order valence-electron chi connectivity index (χ1n) is 11.7. The fourth-order valence-corrected chi connectivity index (χ4v) is 3.99. The Balaban J connectivity index is 2.78. The van der Waals surface area contributed by atoms with Crippen LogP contribution in [0.25, 0.3) is 0 Å². The smallest absolute Gasteiger partial charge is 0.337 e. The van der Waals surface area contributed by atoms with Gasteiger partial charge in [-0.05, 0) is 31.8 Å². The van der Waals surface area contributed by atoms with Gasteiger partial charge in [-0.2, -0.15) is 0 Å². The third-order valence-corrected chi connectivity index (χ3v) is 6.48. The zero-order chi connectivity index (χ0) is 27.2. The molecule has 0 saturated carbocycles.